The summed E-state index contributed by atoms with van der Waals surface area (Å²) in [4.78, 5) is 17.1. The van der Waals surface area contributed by atoms with Crippen LogP contribution in [0.2, 0.25) is 0 Å². The van der Waals surface area contributed by atoms with Gasteiger partial charge in [0, 0.05) is 25.4 Å². The minimum absolute atomic E-state index is 0.121. The zero-order valence-corrected chi connectivity index (χ0v) is 20.6. The van der Waals surface area contributed by atoms with E-state index in [0.717, 1.165) is 61.3 Å². The summed E-state index contributed by atoms with van der Waals surface area (Å²) in [5, 5.41) is 3.10. The quantitative estimate of drug-likeness (QED) is 0.320. The number of carbonyl (C=O) groups excluding carboxylic acids is 1. The minimum atomic E-state index is 0.121. The number of carbonyl (C=O) groups is 1. The van der Waals surface area contributed by atoms with Gasteiger partial charge in [0.25, 0.3) is 0 Å². The lowest BCUT2D eigenvalue weighted by Crippen LogP contribution is -2.31. The first kappa shape index (κ1) is 24.8. The average molecular weight is 450 g/mol. The highest BCUT2D eigenvalue weighted by Gasteiger charge is 2.14. The molecule has 0 spiro atoms. The Bertz CT molecular complexity index is 1020. The number of nitrogens with zero attached hydrogens (tertiary/aromatic N) is 2. The van der Waals surface area contributed by atoms with Gasteiger partial charge in [-0.05, 0) is 55.4 Å². The molecule has 2 aromatic carbocycles. The summed E-state index contributed by atoms with van der Waals surface area (Å²) in [6, 6.07) is 16.6. The Labute approximate surface area is 198 Å². The second-order valence-electron chi connectivity index (χ2n) is 8.97. The van der Waals surface area contributed by atoms with Gasteiger partial charge in [-0.1, -0.05) is 58.0 Å². The Morgan fingerprint density at radius 2 is 1.76 bits per heavy atom. The molecule has 0 aliphatic rings. The molecule has 0 fully saturated rings. The molecule has 0 atom stereocenters. The number of fused-ring (bicyclic) bond motifs is 1. The fraction of sp³-hybridized carbons (Fsp3) is 0.500. The maximum absolute atomic E-state index is 12.2. The van der Waals surface area contributed by atoms with Crippen molar-refractivity contribution in [3.8, 4) is 5.75 Å². The number of nitrogens with one attached hydrogen (secondary N) is 1. The zero-order valence-electron chi connectivity index (χ0n) is 20.6. The molecule has 1 heterocycles. The van der Waals surface area contributed by atoms with Crippen LogP contribution in [0.1, 0.15) is 70.7 Å². The first-order valence-electron chi connectivity index (χ1n) is 12.5. The lowest BCUT2D eigenvalue weighted by molar-refractivity contribution is -0.125. The van der Waals surface area contributed by atoms with E-state index in [9.17, 15) is 4.79 Å². The van der Waals surface area contributed by atoms with Crippen LogP contribution < -0.4 is 10.1 Å². The summed E-state index contributed by atoms with van der Waals surface area (Å²) in [7, 11) is 0. The monoisotopic (exact) mass is 449 g/mol. The highest BCUT2D eigenvalue weighted by Crippen LogP contribution is 2.26. The highest BCUT2D eigenvalue weighted by atomic mass is 16.5. The van der Waals surface area contributed by atoms with E-state index in [-0.39, 0.29) is 11.8 Å². The number of hydrogen-bond acceptors (Lipinski definition) is 3. The number of amides is 1. The second-order valence-corrected chi connectivity index (χ2v) is 8.97. The molecule has 5 heteroatoms. The fourth-order valence-corrected chi connectivity index (χ4v) is 4.32. The maximum Gasteiger partial charge on any atom is 0.223 e. The van der Waals surface area contributed by atoms with Gasteiger partial charge >= 0.3 is 0 Å². The first-order chi connectivity index (χ1) is 16.0. The van der Waals surface area contributed by atoms with Gasteiger partial charge in [0.1, 0.15) is 11.6 Å². The standard InChI is InChI=1S/C28H39N3O2/c1-5-22(6-2)28(32)29-18-11-17-27-30-24-14-8-9-15-25(24)31(27)19-12-20-33-26-16-10-7-13-23(26)21(3)4/h7-10,13-16,21-22H,5-6,11-12,17-20H2,1-4H3,(H,29,32). The van der Waals surface area contributed by atoms with Crippen LogP contribution in [0.15, 0.2) is 48.5 Å². The number of imidazole rings is 1. The topological polar surface area (TPSA) is 56.2 Å². The van der Waals surface area contributed by atoms with Crippen LogP contribution in [0, 0.1) is 5.92 Å². The van der Waals surface area contributed by atoms with E-state index in [1.165, 1.54) is 5.56 Å². The van der Waals surface area contributed by atoms with Gasteiger partial charge in [0.15, 0.2) is 0 Å². The predicted octanol–water partition coefficient (Wildman–Crippen LogP) is 6.11. The van der Waals surface area contributed by atoms with E-state index in [2.05, 4.69) is 74.0 Å². The summed E-state index contributed by atoms with van der Waals surface area (Å²) in [6.45, 7) is 10.7. The zero-order chi connectivity index (χ0) is 23.6. The van der Waals surface area contributed by atoms with Crippen LogP contribution in [0.5, 0.6) is 5.75 Å². The van der Waals surface area contributed by atoms with Crippen LogP contribution in [0.25, 0.3) is 11.0 Å². The van der Waals surface area contributed by atoms with Crippen molar-refractivity contribution in [2.45, 2.75) is 72.3 Å². The molecule has 0 saturated heterocycles. The molecule has 0 unspecified atom stereocenters. The third-order valence-electron chi connectivity index (χ3n) is 6.29. The number of rotatable bonds is 13. The van der Waals surface area contributed by atoms with E-state index in [0.29, 0.717) is 19.1 Å². The van der Waals surface area contributed by atoms with Gasteiger partial charge in [0.2, 0.25) is 5.91 Å². The number of aromatic nitrogens is 2. The molecular formula is C28H39N3O2. The van der Waals surface area contributed by atoms with Crippen molar-refractivity contribution < 1.29 is 9.53 Å². The number of aryl methyl sites for hydroxylation is 2. The average Bonchev–Trinajstić information content (AvgIpc) is 3.18. The number of benzene rings is 2. The van der Waals surface area contributed by atoms with E-state index in [4.69, 9.17) is 9.72 Å². The molecule has 178 valence electrons. The minimum Gasteiger partial charge on any atom is -0.493 e. The first-order valence-corrected chi connectivity index (χ1v) is 12.5. The summed E-state index contributed by atoms with van der Waals surface area (Å²) in [5.74, 6) is 2.80. The predicted molar refractivity (Wildman–Crippen MR) is 136 cm³/mol. The molecule has 0 aliphatic heterocycles. The fourth-order valence-electron chi connectivity index (χ4n) is 4.32. The molecule has 3 aromatic rings. The van der Waals surface area contributed by atoms with Crippen molar-refractivity contribution in [3.05, 3.63) is 59.9 Å². The van der Waals surface area contributed by atoms with Gasteiger partial charge in [0.05, 0.1) is 17.6 Å². The molecule has 0 saturated carbocycles. The van der Waals surface area contributed by atoms with Crippen molar-refractivity contribution in [2.75, 3.05) is 13.2 Å². The van der Waals surface area contributed by atoms with Crippen LogP contribution >= 0.6 is 0 Å². The highest BCUT2D eigenvalue weighted by molar-refractivity contribution is 5.78. The number of hydrogen-bond donors (Lipinski definition) is 1. The van der Waals surface area contributed by atoms with Gasteiger partial charge in [-0.3, -0.25) is 4.79 Å². The lowest BCUT2D eigenvalue weighted by Gasteiger charge is -2.15. The number of ether oxygens (including phenoxy) is 1. The normalized spacial score (nSPS) is 11.5. The summed E-state index contributed by atoms with van der Waals surface area (Å²) in [6.07, 6.45) is 4.41. The van der Waals surface area contributed by atoms with Crippen molar-refractivity contribution in [3.63, 3.8) is 0 Å². The van der Waals surface area contributed by atoms with Crippen molar-refractivity contribution >= 4 is 16.9 Å². The van der Waals surface area contributed by atoms with Gasteiger partial charge in [-0.25, -0.2) is 4.98 Å². The van der Waals surface area contributed by atoms with Crippen LogP contribution in [-0.4, -0.2) is 28.6 Å². The maximum atomic E-state index is 12.2. The Morgan fingerprint density at radius 3 is 2.52 bits per heavy atom. The molecule has 1 N–H and O–H groups in total. The van der Waals surface area contributed by atoms with Crippen molar-refractivity contribution in [2.24, 2.45) is 5.92 Å². The van der Waals surface area contributed by atoms with Gasteiger partial charge < -0.3 is 14.6 Å². The summed E-state index contributed by atoms with van der Waals surface area (Å²) >= 11 is 0. The lowest BCUT2D eigenvalue weighted by atomic mass is 10.0. The molecule has 33 heavy (non-hydrogen) atoms. The summed E-state index contributed by atoms with van der Waals surface area (Å²) < 4.78 is 8.45. The Morgan fingerprint density at radius 1 is 1.03 bits per heavy atom. The van der Waals surface area contributed by atoms with Crippen LogP contribution in [0.3, 0.4) is 0 Å². The van der Waals surface area contributed by atoms with E-state index < -0.39 is 0 Å². The molecule has 1 aromatic heterocycles. The van der Waals surface area contributed by atoms with Crippen molar-refractivity contribution in [1.29, 1.82) is 0 Å². The third kappa shape index (κ3) is 6.59. The SMILES string of the molecule is CCC(CC)C(=O)NCCCc1nc2ccccc2n1CCCOc1ccccc1C(C)C. The third-order valence-corrected chi connectivity index (χ3v) is 6.29. The van der Waals surface area contributed by atoms with Crippen molar-refractivity contribution in [1.82, 2.24) is 14.9 Å². The van der Waals surface area contributed by atoms with Gasteiger partial charge in [-0.15, -0.1) is 0 Å². The second kappa shape index (κ2) is 12.4. The van der Waals surface area contributed by atoms with E-state index in [1.807, 2.05) is 12.1 Å². The molecular weight excluding hydrogens is 410 g/mol. The van der Waals surface area contributed by atoms with Gasteiger partial charge in [-0.2, -0.15) is 0 Å². The molecule has 3 rings (SSSR count). The Balaban J connectivity index is 1.58. The molecule has 0 bridgehead atoms. The van der Waals surface area contributed by atoms with E-state index in [1.54, 1.807) is 0 Å². The molecule has 0 radical (unpaired) electrons. The Hall–Kier alpha value is -2.82. The number of para-hydroxylation sites is 3. The summed E-state index contributed by atoms with van der Waals surface area (Å²) in [5.41, 5.74) is 3.44. The largest absolute Gasteiger partial charge is 0.493 e. The smallest absolute Gasteiger partial charge is 0.223 e. The molecule has 1 amide bonds. The molecule has 0 aliphatic carbocycles. The Kier molecular flexibility index (Phi) is 9.35. The van der Waals surface area contributed by atoms with Crippen LogP contribution in [-0.2, 0) is 17.8 Å². The van der Waals surface area contributed by atoms with Crippen LogP contribution in [0.4, 0.5) is 0 Å². The molecule has 5 nitrogen and oxygen atoms in total. The van der Waals surface area contributed by atoms with E-state index >= 15 is 0 Å².